The number of rotatable bonds is 2. The summed E-state index contributed by atoms with van der Waals surface area (Å²) in [5, 5.41) is 0.696. The average Bonchev–Trinajstić information content (AvgIpc) is 2.75. The van der Waals surface area contributed by atoms with Crippen LogP contribution in [-0.2, 0) is 0 Å². The summed E-state index contributed by atoms with van der Waals surface area (Å²) < 4.78 is 0. The molecule has 0 nitrogen and oxygen atoms in total. The number of allylic oxidation sites excluding steroid dienone is 4. The van der Waals surface area contributed by atoms with Crippen LogP contribution in [0.15, 0.2) is 48.6 Å². The summed E-state index contributed by atoms with van der Waals surface area (Å²) in [6.45, 7) is 14.4. The molecule has 0 radical (unpaired) electrons. The van der Waals surface area contributed by atoms with Gasteiger partial charge in [0.15, 0.2) is 0 Å². The van der Waals surface area contributed by atoms with E-state index in [-0.39, 0.29) is 7.92 Å². The first-order chi connectivity index (χ1) is 9.21. The van der Waals surface area contributed by atoms with E-state index in [9.17, 15) is 0 Å². The van der Waals surface area contributed by atoms with Gasteiger partial charge in [0.05, 0.1) is 0 Å². The van der Waals surface area contributed by atoms with Crippen LogP contribution in [0.25, 0.3) is 5.57 Å². The highest BCUT2D eigenvalue weighted by atomic mass is 31.1. The molecular weight excluding hydrogens is 259 g/mol. The minimum Gasteiger partial charge on any atom is -0.0840 e. The summed E-state index contributed by atoms with van der Waals surface area (Å²) in [5.41, 5.74) is 3.46. The highest BCUT2D eigenvalue weighted by Crippen LogP contribution is 2.66. The Hall–Kier alpha value is -0.870. The Morgan fingerprint density at radius 1 is 0.850 bits per heavy atom. The van der Waals surface area contributed by atoms with Crippen LogP contribution in [-0.4, -0.2) is 16.0 Å². The van der Waals surface area contributed by atoms with Crippen molar-refractivity contribution in [2.45, 2.75) is 57.5 Å². The first-order valence-corrected chi connectivity index (χ1v) is 8.85. The third-order valence-corrected chi connectivity index (χ3v) is 7.62. The van der Waals surface area contributed by atoms with E-state index in [0.717, 1.165) is 0 Å². The van der Waals surface area contributed by atoms with E-state index in [2.05, 4.69) is 90.1 Å². The van der Waals surface area contributed by atoms with Gasteiger partial charge in [0.2, 0.25) is 0 Å². The molecule has 0 saturated carbocycles. The zero-order valence-corrected chi connectivity index (χ0v) is 14.5. The van der Waals surface area contributed by atoms with Crippen molar-refractivity contribution < 1.29 is 0 Å². The molecule has 108 valence electrons. The quantitative estimate of drug-likeness (QED) is 0.577. The Morgan fingerprint density at radius 2 is 1.40 bits per heavy atom. The van der Waals surface area contributed by atoms with Gasteiger partial charge in [0, 0.05) is 5.66 Å². The van der Waals surface area contributed by atoms with Gasteiger partial charge >= 0.3 is 0 Å². The van der Waals surface area contributed by atoms with Gasteiger partial charge < -0.3 is 0 Å². The number of hydrogen-bond donors (Lipinski definition) is 0. The summed E-state index contributed by atoms with van der Waals surface area (Å²) in [6.07, 6.45) is 6.98. The minimum absolute atomic E-state index is 0.162. The Bertz CT molecular complexity index is 495. The normalized spacial score (nSPS) is 19.6. The largest absolute Gasteiger partial charge is 0.0840 e. The molecule has 0 saturated heterocycles. The molecule has 1 aromatic carbocycles. The molecule has 0 heterocycles. The summed E-state index contributed by atoms with van der Waals surface area (Å²) >= 11 is 0. The van der Waals surface area contributed by atoms with Crippen molar-refractivity contribution in [3.8, 4) is 0 Å². The van der Waals surface area contributed by atoms with Crippen LogP contribution in [0.1, 0.15) is 47.1 Å². The third kappa shape index (κ3) is 3.23. The molecule has 1 aromatic rings. The molecule has 0 spiro atoms. The lowest BCUT2D eigenvalue weighted by atomic mass is 10.1. The van der Waals surface area contributed by atoms with Crippen LogP contribution >= 0.6 is 7.92 Å². The molecule has 1 aliphatic carbocycles. The van der Waals surface area contributed by atoms with Gasteiger partial charge in [-0.05, 0) is 21.4 Å². The molecule has 0 bridgehead atoms. The highest BCUT2D eigenvalue weighted by Gasteiger charge is 2.41. The monoisotopic (exact) mass is 286 g/mol. The van der Waals surface area contributed by atoms with Crippen LogP contribution in [0.3, 0.4) is 0 Å². The lowest BCUT2D eigenvalue weighted by molar-refractivity contribution is 0.702. The van der Waals surface area contributed by atoms with Crippen molar-refractivity contribution in [2.24, 2.45) is 0 Å². The standard InChI is InChI=1S/C19H27P/c1-18(2,3)20(19(4,5)6)17-14-10-13-16(17)15-11-8-7-9-12-15/h7-14,17H,1-6H3. The van der Waals surface area contributed by atoms with Gasteiger partial charge in [-0.25, -0.2) is 0 Å². The molecule has 1 aliphatic rings. The second kappa shape index (κ2) is 5.49. The molecule has 0 aliphatic heterocycles. The number of hydrogen-bond acceptors (Lipinski definition) is 0. The van der Waals surface area contributed by atoms with Crippen LogP contribution in [0, 0.1) is 0 Å². The maximum absolute atomic E-state index is 2.42. The van der Waals surface area contributed by atoms with Crippen molar-refractivity contribution >= 4 is 13.5 Å². The molecule has 1 heteroatoms. The van der Waals surface area contributed by atoms with E-state index in [1.807, 2.05) is 0 Å². The molecule has 0 aromatic heterocycles. The fourth-order valence-electron chi connectivity index (χ4n) is 3.43. The molecule has 0 N–H and O–H groups in total. The summed E-state index contributed by atoms with van der Waals surface area (Å²) in [6, 6.07) is 10.9. The summed E-state index contributed by atoms with van der Waals surface area (Å²) in [4.78, 5) is 0. The van der Waals surface area contributed by atoms with Crippen LogP contribution in [0.5, 0.6) is 0 Å². The summed E-state index contributed by atoms with van der Waals surface area (Å²) in [7, 11) is -0.162. The van der Waals surface area contributed by atoms with Crippen molar-refractivity contribution in [1.29, 1.82) is 0 Å². The van der Waals surface area contributed by atoms with Crippen molar-refractivity contribution in [3.05, 3.63) is 54.1 Å². The van der Waals surface area contributed by atoms with Crippen LogP contribution in [0.4, 0.5) is 0 Å². The molecule has 20 heavy (non-hydrogen) atoms. The Labute approximate surface area is 125 Å². The lowest BCUT2D eigenvalue weighted by Crippen LogP contribution is -2.30. The zero-order chi connectivity index (χ0) is 15.0. The van der Waals surface area contributed by atoms with Gasteiger partial charge in [-0.3, -0.25) is 0 Å². The third-order valence-electron chi connectivity index (χ3n) is 3.72. The smallest absolute Gasteiger partial charge is 0.0239 e. The van der Waals surface area contributed by atoms with E-state index >= 15 is 0 Å². The molecule has 1 atom stereocenters. The second-order valence-corrected chi connectivity index (χ2v) is 11.5. The van der Waals surface area contributed by atoms with E-state index in [0.29, 0.717) is 16.0 Å². The van der Waals surface area contributed by atoms with Gasteiger partial charge in [0.1, 0.15) is 0 Å². The first kappa shape index (κ1) is 15.5. The second-order valence-electron chi connectivity index (χ2n) is 7.53. The number of benzene rings is 1. The molecular formula is C19H27P. The van der Waals surface area contributed by atoms with E-state index in [4.69, 9.17) is 0 Å². The van der Waals surface area contributed by atoms with Crippen molar-refractivity contribution in [2.75, 3.05) is 0 Å². The van der Waals surface area contributed by atoms with E-state index in [1.165, 1.54) is 11.1 Å². The molecule has 2 rings (SSSR count). The Morgan fingerprint density at radius 3 is 1.90 bits per heavy atom. The first-order valence-electron chi connectivity index (χ1n) is 7.44. The maximum Gasteiger partial charge on any atom is 0.0239 e. The SMILES string of the molecule is CC(C)(C)P(C1C=CC=C1c1ccccc1)C(C)(C)C. The Balaban J connectivity index is 2.40. The topological polar surface area (TPSA) is 0 Å². The minimum atomic E-state index is -0.162. The van der Waals surface area contributed by atoms with Gasteiger partial charge in [-0.2, -0.15) is 0 Å². The average molecular weight is 286 g/mol. The Kier molecular flexibility index (Phi) is 4.26. The van der Waals surface area contributed by atoms with E-state index < -0.39 is 0 Å². The fourth-order valence-corrected chi connectivity index (χ4v) is 7.90. The van der Waals surface area contributed by atoms with Crippen molar-refractivity contribution in [3.63, 3.8) is 0 Å². The molecule has 0 amide bonds. The zero-order valence-electron chi connectivity index (χ0n) is 13.6. The van der Waals surface area contributed by atoms with Crippen LogP contribution < -0.4 is 0 Å². The maximum atomic E-state index is 2.42. The molecule has 1 unspecified atom stereocenters. The fraction of sp³-hybridized carbons (Fsp3) is 0.474. The van der Waals surface area contributed by atoms with E-state index in [1.54, 1.807) is 0 Å². The molecule has 0 fully saturated rings. The predicted molar refractivity (Wildman–Crippen MR) is 93.8 cm³/mol. The van der Waals surface area contributed by atoms with Crippen LogP contribution in [0.2, 0.25) is 0 Å². The van der Waals surface area contributed by atoms with Gasteiger partial charge in [-0.15, -0.1) is 0 Å². The van der Waals surface area contributed by atoms with Crippen molar-refractivity contribution in [1.82, 2.24) is 0 Å². The van der Waals surface area contributed by atoms with Gasteiger partial charge in [0.25, 0.3) is 0 Å². The highest BCUT2D eigenvalue weighted by molar-refractivity contribution is 7.62. The summed E-state index contributed by atoms with van der Waals surface area (Å²) in [5.74, 6) is 0. The predicted octanol–water partition coefficient (Wildman–Crippen LogP) is 6.09. The lowest BCUT2D eigenvalue weighted by Gasteiger charge is -2.45. The van der Waals surface area contributed by atoms with Gasteiger partial charge in [-0.1, -0.05) is 98.0 Å².